The van der Waals surface area contributed by atoms with Gasteiger partial charge in [0.2, 0.25) is 11.8 Å². The molecule has 0 spiro atoms. The Morgan fingerprint density at radius 3 is 2.25 bits per heavy atom. The van der Waals surface area contributed by atoms with Gasteiger partial charge in [0.05, 0.1) is 0 Å². The van der Waals surface area contributed by atoms with Crippen LogP contribution in [0, 0.1) is 5.92 Å². The van der Waals surface area contributed by atoms with Crippen molar-refractivity contribution in [2.75, 3.05) is 13.6 Å². The fraction of sp³-hybridized carbons (Fsp3) is 0.615. The van der Waals surface area contributed by atoms with Crippen LogP contribution in [0.15, 0.2) is 24.3 Å². The number of unbranched alkanes of at least 4 members (excludes halogenated alkanes) is 1. The molecule has 0 aliphatic heterocycles. The summed E-state index contributed by atoms with van der Waals surface area (Å²) in [5, 5.41) is 19.3. The quantitative estimate of drug-likeness (QED) is 0.112. The maximum absolute atomic E-state index is 13.2. The molecule has 1 aromatic rings. The van der Waals surface area contributed by atoms with Crippen LogP contribution in [0.2, 0.25) is 0 Å². The number of aliphatic carboxylic acids is 1. The van der Waals surface area contributed by atoms with Gasteiger partial charge in [-0.25, -0.2) is 9.36 Å². The summed E-state index contributed by atoms with van der Waals surface area (Å²) in [4.78, 5) is 67.1. The number of phosphoric acid groups is 1. The summed E-state index contributed by atoms with van der Waals surface area (Å²) in [6.45, 7) is 0.411. The highest BCUT2D eigenvalue weighted by Gasteiger charge is 2.27. The summed E-state index contributed by atoms with van der Waals surface area (Å²) in [5.41, 5.74) is 0.527. The van der Waals surface area contributed by atoms with Crippen LogP contribution in [0.25, 0.3) is 0 Å². The van der Waals surface area contributed by atoms with E-state index in [2.05, 4.69) is 25.8 Å². The molecule has 224 valence electrons. The minimum Gasteiger partial charge on any atom is -0.481 e. The number of carboxylic acid groups (broad SMARTS) is 1. The van der Waals surface area contributed by atoms with Crippen LogP contribution in [-0.2, 0) is 25.4 Å². The van der Waals surface area contributed by atoms with Gasteiger partial charge in [-0.1, -0.05) is 57.1 Å². The number of carbonyl (C=O) groups excluding carboxylic acids is 3. The van der Waals surface area contributed by atoms with Gasteiger partial charge >= 0.3 is 19.8 Å². The average molecular weight is 585 g/mol. The third kappa shape index (κ3) is 13.3. The number of amides is 4. The Morgan fingerprint density at radius 1 is 0.975 bits per heavy atom. The van der Waals surface area contributed by atoms with Crippen LogP contribution >= 0.6 is 7.82 Å². The van der Waals surface area contributed by atoms with E-state index in [1.165, 1.54) is 63.4 Å². The van der Waals surface area contributed by atoms with E-state index in [1.807, 2.05) is 0 Å². The largest absolute Gasteiger partial charge is 0.524 e. The minimum atomic E-state index is -4.74. The number of phosphoric ester groups is 1. The van der Waals surface area contributed by atoms with Crippen LogP contribution in [0.1, 0.15) is 69.8 Å². The molecule has 0 unspecified atom stereocenters. The highest BCUT2D eigenvalue weighted by Crippen LogP contribution is 2.37. The molecule has 0 bridgehead atoms. The van der Waals surface area contributed by atoms with Gasteiger partial charge in [0.25, 0.3) is 0 Å². The SMILES string of the molecule is CNC(=O)N[C@@H](Cc1ccc(OP(=O)(O)O)cc1)C(=O)N[C@@H](CCC(=O)O)C(=O)NCCCCC1CCCCC1. The number of carbonyl (C=O) groups is 4. The maximum atomic E-state index is 13.2. The minimum absolute atomic E-state index is 0.0239. The van der Waals surface area contributed by atoms with Gasteiger partial charge in [-0.3, -0.25) is 24.2 Å². The molecule has 0 saturated heterocycles. The van der Waals surface area contributed by atoms with Crippen molar-refractivity contribution in [2.24, 2.45) is 5.92 Å². The molecule has 2 atom stereocenters. The molecule has 13 nitrogen and oxygen atoms in total. The van der Waals surface area contributed by atoms with Gasteiger partial charge in [0.1, 0.15) is 17.8 Å². The molecule has 40 heavy (non-hydrogen) atoms. The molecule has 1 aliphatic carbocycles. The Hall–Kier alpha value is -3.15. The summed E-state index contributed by atoms with van der Waals surface area (Å²) in [6, 6.07) is 2.66. The number of benzene rings is 1. The van der Waals surface area contributed by atoms with E-state index in [-0.39, 0.29) is 25.0 Å². The summed E-state index contributed by atoms with van der Waals surface area (Å²) >= 11 is 0. The summed E-state index contributed by atoms with van der Waals surface area (Å²) in [7, 11) is -3.37. The molecule has 0 radical (unpaired) electrons. The fourth-order valence-corrected chi connectivity index (χ4v) is 5.07. The zero-order valence-corrected chi connectivity index (χ0v) is 23.7. The van der Waals surface area contributed by atoms with E-state index in [0.29, 0.717) is 12.1 Å². The highest BCUT2D eigenvalue weighted by atomic mass is 31.2. The second-order valence-corrected chi connectivity index (χ2v) is 11.2. The Labute approximate surface area is 234 Å². The van der Waals surface area contributed by atoms with Crippen LogP contribution < -0.4 is 25.8 Å². The number of carboxylic acids is 1. The van der Waals surface area contributed by atoms with Crippen LogP contribution in [-0.4, -0.2) is 64.4 Å². The molecule has 1 aliphatic rings. The number of rotatable bonds is 16. The summed E-state index contributed by atoms with van der Waals surface area (Å²) in [6.07, 6.45) is 8.76. The first-order valence-corrected chi connectivity index (χ1v) is 15.1. The predicted molar refractivity (Wildman–Crippen MR) is 146 cm³/mol. The van der Waals surface area contributed by atoms with Crippen LogP contribution in [0.3, 0.4) is 0 Å². The van der Waals surface area contributed by atoms with Gasteiger partial charge in [-0.2, -0.15) is 0 Å². The van der Waals surface area contributed by atoms with Gasteiger partial charge < -0.3 is 30.9 Å². The van der Waals surface area contributed by atoms with E-state index in [0.717, 1.165) is 25.2 Å². The molecular formula is C26H41N4O9P. The lowest BCUT2D eigenvalue weighted by Gasteiger charge is -2.23. The lowest BCUT2D eigenvalue weighted by molar-refractivity contribution is -0.138. The predicted octanol–water partition coefficient (Wildman–Crippen LogP) is 2.21. The zero-order valence-electron chi connectivity index (χ0n) is 22.8. The molecule has 2 rings (SSSR count). The van der Waals surface area contributed by atoms with Gasteiger partial charge in [0, 0.05) is 26.4 Å². The molecule has 1 aromatic carbocycles. The maximum Gasteiger partial charge on any atom is 0.524 e. The Morgan fingerprint density at radius 2 is 1.65 bits per heavy atom. The fourth-order valence-electron chi connectivity index (χ4n) is 4.68. The normalized spacial score (nSPS) is 15.4. The number of hydrogen-bond acceptors (Lipinski definition) is 6. The molecule has 1 fully saturated rings. The van der Waals surface area contributed by atoms with Crippen molar-refractivity contribution in [3.05, 3.63) is 29.8 Å². The van der Waals surface area contributed by atoms with E-state index < -0.39 is 43.7 Å². The summed E-state index contributed by atoms with van der Waals surface area (Å²) in [5.74, 6) is -1.64. The lowest BCUT2D eigenvalue weighted by atomic mass is 9.86. The highest BCUT2D eigenvalue weighted by molar-refractivity contribution is 7.46. The second-order valence-electron chi connectivity index (χ2n) is 9.99. The van der Waals surface area contributed by atoms with E-state index in [1.54, 1.807) is 0 Å². The first-order valence-electron chi connectivity index (χ1n) is 13.6. The second kappa shape index (κ2) is 16.8. The monoisotopic (exact) mass is 584 g/mol. The van der Waals surface area contributed by atoms with Crippen molar-refractivity contribution in [3.8, 4) is 5.75 Å². The lowest BCUT2D eigenvalue weighted by Crippen LogP contribution is -2.55. The number of hydrogen-bond donors (Lipinski definition) is 7. The van der Waals surface area contributed by atoms with Crippen LogP contribution in [0.4, 0.5) is 4.79 Å². The third-order valence-electron chi connectivity index (χ3n) is 6.78. The molecule has 0 heterocycles. The van der Waals surface area contributed by atoms with Crippen molar-refractivity contribution in [1.29, 1.82) is 0 Å². The molecular weight excluding hydrogens is 543 g/mol. The number of nitrogens with one attached hydrogen (secondary N) is 4. The molecule has 7 N–H and O–H groups in total. The van der Waals surface area contributed by atoms with Crippen molar-refractivity contribution in [3.63, 3.8) is 0 Å². The smallest absolute Gasteiger partial charge is 0.481 e. The Bertz CT molecular complexity index is 1030. The molecule has 4 amide bonds. The standard InChI is InChI=1S/C26H41N4O9P/c1-27-26(35)30-22(17-19-10-12-20(13-11-19)39-40(36,37)38)25(34)29-21(14-15-23(31)32)24(33)28-16-6-5-9-18-7-3-2-4-8-18/h10-13,18,21-22H,2-9,14-17H2,1H3,(H,28,33)(H,29,34)(H,31,32)(H2,27,30,35)(H2,36,37,38)/t21-,22-/m0/s1. The van der Waals surface area contributed by atoms with Crippen molar-refractivity contribution < 1.29 is 43.2 Å². The summed E-state index contributed by atoms with van der Waals surface area (Å²) < 4.78 is 15.5. The van der Waals surface area contributed by atoms with E-state index >= 15 is 0 Å². The molecule has 14 heteroatoms. The Balaban J connectivity index is 1.99. The van der Waals surface area contributed by atoms with E-state index in [4.69, 9.17) is 14.9 Å². The molecule has 1 saturated carbocycles. The number of urea groups is 1. The van der Waals surface area contributed by atoms with Crippen molar-refractivity contribution in [1.82, 2.24) is 21.3 Å². The Kier molecular flexibility index (Phi) is 13.9. The van der Waals surface area contributed by atoms with Crippen LogP contribution in [0.5, 0.6) is 5.75 Å². The van der Waals surface area contributed by atoms with Gasteiger partial charge in [-0.15, -0.1) is 0 Å². The first kappa shape index (κ1) is 33.1. The van der Waals surface area contributed by atoms with Gasteiger partial charge in [-0.05, 0) is 36.5 Å². The first-order chi connectivity index (χ1) is 19.0. The van der Waals surface area contributed by atoms with Crippen molar-refractivity contribution >= 4 is 31.6 Å². The molecule has 0 aromatic heterocycles. The van der Waals surface area contributed by atoms with Gasteiger partial charge in [0.15, 0.2) is 0 Å². The van der Waals surface area contributed by atoms with E-state index in [9.17, 15) is 23.7 Å². The average Bonchev–Trinajstić information content (AvgIpc) is 2.90. The van der Waals surface area contributed by atoms with Crippen molar-refractivity contribution in [2.45, 2.75) is 82.7 Å². The topological polar surface area (TPSA) is 203 Å². The third-order valence-corrected chi connectivity index (χ3v) is 7.23. The zero-order chi connectivity index (χ0) is 29.5.